The Balaban J connectivity index is 2.98. The molecular weight excluding hydrogens is 198 g/mol. The van der Waals surface area contributed by atoms with Gasteiger partial charge in [0.25, 0.3) is 0 Å². The van der Waals surface area contributed by atoms with Crippen LogP contribution in [0.25, 0.3) is 5.57 Å². The van der Waals surface area contributed by atoms with Crippen LogP contribution >= 0.6 is 0 Å². The minimum Gasteiger partial charge on any atom is -0.405 e. The van der Waals surface area contributed by atoms with E-state index in [1.807, 2.05) is 50.3 Å². The van der Waals surface area contributed by atoms with Gasteiger partial charge in [-0.3, -0.25) is 4.79 Å². The zero-order chi connectivity index (χ0) is 12.0. The van der Waals surface area contributed by atoms with Gasteiger partial charge >= 0.3 is 0 Å². The number of ketones is 1. The van der Waals surface area contributed by atoms with E-state index >= 15 is 0 Å². The molecule has 0 heterocycles. The highest BCUT2D eigenvalue weighted by molar-refractivity contribution is 5.96. The molecule has 84 valence electrons. The molecule has 16 heavy (non-hydrogen) atoms. The first-order valence-corrected chi connectivity index (χ1v) is 5.41. The fraction of sp³-hybridized carbons (Fsp3) is 0.214. The SMILES string of the molecule is C/C=C(\C=C/N)c1ccc(C(=O)CC)cc1. The lowest BCUT2D eigenvalue weighted by Gasteiger charge is -2.03. The minimum absolute atomic E-state index is 0.169. The van der Waals surface area contributed by atoms with Gasteiger partial charge in [0.15, 0.2) is 5.78 Å². The van der Waals surface area contributed by atoms with E-state index in [1.54, 1.807) is 0 Å². The van der Waals surface area contributed by atoms with Crippen molar-refractivity contribution in [1.29, 1.82) is 0 Å². The van der Waals surface area contributed by atoms with Crippen molar-refractivity contribution in [2.75, 3.05) is 0 Å². The maximum absolute atomic E-state index is 11.4. The predicted octanol–water partition coefficient (Wildman–Crippen LogP) is 3.16. The van der Waals surface area contributed by atoms with E-state index in [-0.39, 0.29) is 5.78 Å². The Bertz CT molecular complexity index is 413. The molecule has 0 aromatic heterocycles. The lowest BCUT2D eigenvalue weighted by atomic mass is 10.0. The van der Waals surface area contributed by atoms with E-state index in [4.69, 9.17) is 5.73 Å². The first-order valence-electron chi connectivity index (χ1n) is 5.41. The van der Waals surface area contributed by atoms with Crippen LogP contribution in [-0.2, 0) is 0 Å². The number of rotatable bonds is 4. The second kappa shape index (κ2) is 5.91. The highest BCUT2D eigenvalue weighted by Crippen LogP contribution is 2.16. The molecule has 0 saturated carbocycles. The summed E-state index contributed by atoms with van der Waals surface area (Å²) in [6.07, 6.45) is 5.88. The number of hydrogen-bond acceptors (Lipinski definition) is 2. The van der Waals surface area contributed by atoms with Gasteiger partial charge in [-0.25, -0.2) is 0 Å². The zero-order valence-electron chi connectivity index (χ0n) is 9.73. The predicted molar refractivity (Wildman–Crippen MR) is 68.0 cm³/mol. The quantitative estimate of drug-likeness (QED) is 0.619. The molecule has 0 aliphatic heterocycles. The zero-order valence-corrected chi connectivity index (χ0v) is 9.73. The van der Waals surface area contributed by atoms with Gasteiger partial charge in [-0.2, -0.15) is 0 Å². The average molecular weight is 215 g/mol. The topological polar surface area (TPSA) is 43.1 Å². The second-order valence-electron chi connectivity index (χ2n) is 3.46. The summed E-state index contributed by atoms with van der Waals surface area (Å²) in [5.74, 6) is 0.169. The van der Waals surface area contributed by atoms with Gasteiger partial charge in [0.1, 0.15) is 0 Å². The number of benzene rings is 1. The molecule has 2 heteroatoms. The van der Waals surface area contributed by atoms with E-state index in [9.17, 15) is 4.79 Å². The molecule has 2 N–H and O–H groups in total. The molecule has 1 aromatic rings. The fourth-order valence-electron chi connectivity index (χ4n) is 1.52. The summed E-state index contributed by atoms with van der Waals surface area (Å²) in [6.45, 7) is 3.82. The van der Waals surface area contributed by atoms with E-state index < -0.39 is 0 Å². The van der Waals surface area contributed by atoms with Crippen LogP contribution in [0.1, 0.15) is 36.2 Å². The molecule has 0 amide bonds. The van der Waals surface area contributed by atoms with Crippen molar-refractivity contribution >= 4 is 11.4 Å². The van der Waals surface area contributed by atoms with E-state index in [2.05, 4.69) is 0 Å². The average Bonchev–Trinajstić information content (AvgIpc) is 2.35. The molecule has 1 aromatic carbocycles. The summed E-state index contributed by atoms with van der Waals surface area (Å²) in [4.78, 5) is 11.4. The van der Waals surface area contributed by atoms with Gasteiger partial charge in [0, 0.05) is 12.0 Å². The van der Waals surface area contributed by atoms with Crippen molar-refractivity contribution in [3.05, 3.63) is 53.7 Å². The van der Waals surface area contributed by atoms with Crippen molar-refractivity contribution in [2.45, 2.75) is 20.3 Å². The van der Waals surface area contributed by atoms with Gasteiger partial charge in [-0.1, -0.05) is 37.3 Å². The van der Waals surface area contributed by atoms with Crippen molar-refractivity contribution < 1.29 is 4.79 Å². The van der Waals surface area contributed by atoms with Crippen LogP contribution in [0.4, 0.5) is 0 Å². The molecule has 0 fully saturated rings. The standard InChI is InChI=1S/C14H17NO/c1-3-11(9-10-15)12-5-7-13(8-6-12)14(16)4-2/h3,5-10H,4,15H2,1-2H3/b10-9-,11-3+. The maximum atomic E-state index is 11.4. The number of nitrogens with two attached hydrogens (primary N) is 1. The fourth-order valence-corrected chi connectivity index (χ4v) is 1.52. The number of hydrogen-bond donors (Lipinski definition) is 1. The Morgan fingerprint density at radius 1 is 1.25 bits per heavy atom. The van der Waals surface area contributed by atoms with Crippen LogP contribution < -0.4 is 5.73 Å². The van der Waals surface area contributed by atoms with E-state index in [0.717, 1.165) is 16.7 Å². The third kappa shape index (κ3) is 2.83. The smallest absolute Gasteiger partial charge is 0.162 e. The molecule has 0 spiro atoms. The van der Waals surface area contributed by atoms with Crippen LogP contribution in [0, 0.1) is 0 Å². The lowest BCUT2D eigenvalue weighted by molar-refractivity contribution is 0.0988. The Hall–Kier alpha value is -1.83. The van der Waals surface area contributed by atoms with Crippen molar-refractivity contribution in [1.82, 2.24) is 0 Å². The first-order chi connectivity index (χ1) is 7.72. The second-order valence-corrected chi connectivity index (χ2v) is 3.46. The van der Waals surface area contributed by atoms with Crippen molar-refractivity contribution in [3.63, 3.8) is 0 Å². The Labute approximate surface area is 96.5 Å². The molecule has 0 bridgehead atoms. The molecule has 2 nitrogen and oxygen atoms in total. The summed E-state index contributed by atoms with van der Waals surface area (Å²) in [5.41, 5.74) is 8.25. The molecule has 0 atom stereocenters. The molecule has 0 aliphatic rings. The lowest BCUT2D eigenvalue weighted by Crippen LogP contribution is -1.96. The normalized spacial score (nSPS) is 12.0. The molecule has 0 saturated heterocycles. The first kappa shape index (κ1) is 12.2. The summed E-state index contributed by atoms with van der Waals surface area (Å²) in [7, 11) is 0. The summed E-state index contributed by atoms with van der Waals surface area (Å²) in [6, 6.07) is 7.60. The third-order valence-electron chi connectivity index (χ3n) is 2.45. The summed E-state index contributed by atoms with van der Waals surface area (Å²) < 4.78 is 0. The highest BCUT2D eigenvalue weighted by atomic mass is 16.1. The van der Waals surface area contributed by atoms with Crippen LogP contribution in [0.15, 0.2) is 42.6 Å². The van der Waals surface area contributed by atoms with Crippen LogP contribution in [-0.4, -0.2) is 5.78 Å². The van der Waals surface area contributed by atoms with Gasteiger partial charge < -0.3 is 5.73 Å². The largest absolute Gasteiger partial charge is 0.405 e. The molecule has 0 unspecified atom stereocenters. The van der Waals surface area contributed by atoms with Crippen molar-refractivity contribution in [3.8, 4) is 0 Å². The number of carbonyl (C=O) groups is 1. The van der Waals surface area contributed by atoms with Crippen LogP contribution in [0.5, 0.6) is 0 Å². The van der Waals surface area contributed by atoms with E-state index in [0.29, 0.717) is 6.42 Å². The third-order valence-corrected chi connectivity index (χ3v) is 2.45. The Kier molecular flexibility index (Phi) is 4.52. The Morgan fingerprint density at radius 3 is 2.25 bits per heavy atom. The minimum atomic E-state index is 0.169. The Morgan fingerprint density at radius 2 is 1.81 bits per heavy atom. The summed E-state index contributed by atoms with van der Waals surface area (Å²) in [5, 5.41) is 0. The number of allylic oxidation sites excluding steroid dienone is 3. The highest BCUT2D eigenvalue weighted by Gasteiger charge is 2.03. The molecular formula is C14H17NO. The van der Waals surface area contributed by atoms with Crippen LogP contribution in [0.3, 0.4) is 0 Å². The van der Waals surface area contributed by atoms with Crippen molar-refractivity contribution in [2.24, 2.45) is 5.73 Å². The maximum Gasteiger partial charge on any atom is 0.162 e. The van der Waals surface area contributed by atoms with Gasteiger partial charge in [-0.05, 0) is 30.3 Å². The van der Waals surface area contributed by atoms with Crippen LogP contribution in [0.2, 0.25) is 0 Å². The molecule has 1 rings (SSSR count). The van der Waals surface area contributed by atoms with Gasteiger partial charge in [-0.15, -0.1) is 0 Å². The number of carbonyl (C=O) groups excluding carboxylic acids is 1. The summed E-state index contributed by atoms with van der Waals surface area (Å²) >= 11 is 0. The monoisotopic (exact) mass is 215 g/mol. The molecule has 0 aliphatic carbocycles. The van der Waals surface area contributed by atoms with E-state index in [1.165, 1.54) is 6.20 Å². The van der Waals surface area contributed by atoms with Gasteiger partial charge in [0.05, 0.1) is 0 Å². The number of Topliss-reactive ketones (excluding diaryl/α,β-unsaturated/α-hetero) is 1. The van der Waals surface area contributed by atoms with Gasteiger partial charge in [0.2, 0.25) is 0 Å². The molecule has 0 radical (unpaired) electrons.